The Morgan fingerprint density at radius 2 is 1.95 bits per heavy atom. The lowest BCUT2D eigenvalue weighted by Crippen LogP contribution is -2.42. The minimum atomic E-state index is 0.0719. The molecule has 1 amide bonds. The zero-order valence-corrected chi connectivity index (χ0v) is 11.5. The van der Waals surface area contributed by atoms with Gasteiger partial charge in [0, 0.05) is 12.6 Å². The van der Waals surface area contributed by atoms with E-state index in [1.54, 1.807) is 0 Å². The van der Waals surface area contributed by atoms with E-state index in [-0.39, 0.29) is 11.9 Å². The Labute approximate surface area is 119 Å². The highest BCUT2D eigenvalue weighted by Gasteiger charge is 2.31. The van der Waals surface area contributed by atoms with Crippen LogP contribution in [0, 0.1) is 5.92 Å². The van der Waals surface area contributed by atoms with Crippen molar-refractivity contribution in [2.24, 2.45) is 11.7 Å². The maximum absolute atomic E-state index is 12.1. The number of nitrogens with one attached hydrogen (secondary N) is 1. The molecule has 0 radical (unpaired) electrons. The predicted octanol–water partition coefficient (Wildman–Crippen LogP) is 2.24. The van der Waals surface area contributed by atoms with Crippen molar-refractivity contribution in [2.45, 2.75) is 25.3 Å². The number of nitrogens with two attached hydrogens (primary N) is 1. The van der Waals surface area contributed by atoms with Gasteiger partial charge in [-0.3, -0.25) is 4.79 Å². The van der Waals surface area contributed by atoms with E-state index in [9.17, 15) is 4.79 Å². The first kappa shape index (κ1) is 13.1. The van der Waals surface area contributed by atoms with Crippen LogP contribution in [-0.4, -0.2) is 18.5 Å². The van der Waals surface area contributed by atoms with Crippen molar-refractivity contribution in [1.29, 1.82) is 0 Å². The Morgan fingerprint density at radius 3 is 2.65 bits per heavy atom. The molecule has 3 rings (SSSR count). The molecule has 3 heteroatoms. The van der Waals surface area contributed by atoms with Gasteiger partial charge in [0.1, 0.15) is 0 Å². The van der Waals surface area contributed by atoms with Crippen molar-refractivity contribution in [3.8, 4) is 0 Å². The summed E-state index contributed by atoms with van der Waals surface area (Å²) in [7, 11) is 0. The van der Waals surface area contributed by atoms with Crippen LogP contribution < -0.4 is 11.1 Å². The van der Waals surface area contributed by atoms with Crippen LogP contribution >= 0.6 is 0 Å². The van der Waals surface area contributed by atoms with Crippen LogP contribution in [0.25, 0.3) is 10.8 Å². The number of carbonyl (C=O) groups is 1. The van der Waals surface area contributed by atoms with Crippen LogP contribution in [0.2, 0.25) is 0 Å². The fourth-order valence-corrected chi connectivity index (χ4v) is 2.66. The van der Waals surface area contributed by atoms with Crippen LogP contribution in [-0.2, 0) is 11.2 Å². The van der Waals surface area contributed by atoms with E-state index >= 15 is 0 Å². The van der Waals surface area contributed by atoms with Gasteiger partial charge in [0.15, 0.2) is 0 Å². The molecule has 0 spiro atoms. The highest BCUT2D eigenvalue weighted by Crippen LogP contribution is 2.32. The molecular formula is C17H20N2O. The lowest BCUT2D eigenvalue weighted by Gasteiger charge is -2.16. The summed E-state index contributed by atoms with van der Waals surface area (Å²) in [6.07, 6.45) is 2.81. The van der Waals surface area contributed by atoms with Crippen molar-refractivity contribution < 1.29 is 4.79 Å². The lowest BCUT2D eigenvalue weighted by molar-refractivity contribution is -0.121. The van der Waals surface area contributed by atoms with Crippen LogP contribution in [0.3, 0.4) is 0 Å². The third kappa shape index (κ3) is 2.99. The van der Waals surface area contributed by atoms with Gasteiger partial charge < -0.3 is 11.1 Å². The number of amides is 1. The molecule has 0 aliphatic heterocycles. The first-order chi connectivity index (χ1) is 9.76. The fourth-order valence-electron chi connectivity index (χ4n) is 2.66. The molecule has 1 fully saturated rings. The first-order valence-corrected chi connectivity index (χ1v) is 7.23. The van der Waals surface area contributed by atoms with Crippen molar-refractivity contribution >= 4 is 16.7 Å². The smallest absolute Gasteiger partial charge is 0.224 e. The Bertz CT molecular complexity index is 619. The molecule has 0 heterocycles. The second kappa shape index (κ2) is 5.63. The average Bonchev–Trinajstić information content (AvgIpc) is 3.29. The SMILES string of the molecule is NCC(NC(=O)Cc1ccc2ccccc2c1)C1CC1. The van der Waals surface area contributed by atoms with Gasteiger partial charge in [-0.2, -0.15) is 0 Å². The van der Waals surface area contributed by atoms with E-state index < -0.39 is 0 Å². The Kier molecular flexibility index (Phi) is 3.70. The van der Waals surface area contributed by atoms with Crippen molar-refractivity contribution in [2.75, 3.05) is 6.54 Å². The summed E-state index contributed by atoms with van der Waals surface area (Å²) < 4.78 is 0. The number of hydrogen-bond donors (Lipinski definition) is 2. The number of carbonyl (C=O) groups excluding carboxylic acids is 1. The van der Waals surface area contributed by atoms with E-state index in [1.807, 2.05) is 18.2 Å². The van der Waals surface area contributed by atoms with Gasteiger partial charge in [0.05, 0.1) is 6.42 Å². The highest BCUT2D eigenvalue weighted by atomic mass is 16.1. The molecule has 2 aromatic carbocycles. The molecule has 1 saturated carbocycles. The maximum atomic E-state index is 12.1. The normalized spacial score (nSPS) is 16.1. The number of rotatable bonds is 5. The Morgan fingerprint density at radius 1 is 1.20 bits per heavy atom. The van der Waals surface area contributed by atoms with E-state index in [2.05, 4.69) is 29.6 Å². The molecule has 104 valence electrons. The number of fused-ring (bicyclic) bond motifs is 1. The molecule has 0 saturated heterocycles. The van der Waals surface area contributed by atoms with Gasteiger partial charge in [-0.25, -0.2) is 0 Å². The van der Waals surface area contributed by atoms with Crippen molar-refractivity contribution in [3.63, 3.8) is 0 Å². The minimum Gasteiger partial charge on any atom is -0.352 e. The van der Waals surface area contributed by atoms with Gasteiger partial charge in [0.2, 0.25) is 5.91 Å². The quantitative estimate of drug-likeness (QED) is 0.873. The molecule has 2 aromatic rings. The molecule has 1 unspecified atom stereocenters. The van der Waals surface area contributed by atoms with E-state index in [0.717, 1.165) is 5.56 Å². The van der Waals surface area contributed by atoms with Gasteiger partial charge in [-0.1, -0.05) is 42.5 Å². The van der Waals surface area contributed by atoms with Crippen molar-refractivity contribution in [1.82, 2.24) is 5.32 Å². The molecule has 1 atom stereocenters. The third-order valence-corrected chi connectivity index (χ3v) is 3.97. The molecule has 3 nitrogen and oxygen atoms in total. The Balaban J connectivity index is 1.67. The predicted molar refractivity (Wildman–Crippen MR) is 81.4 cm³/mol. The summed E-state index contributed by atoms with van der Waals surface area (Å²) in [6, 6.07) is 14.5. The maximum Gasteiger partial charge on any atom is 0.224 e. The second-order valence-corrected chi connectivity index (χ2v) is 5.61. The highest BCUT2D eigenvalue weighted by molar-refractivity contribution is 5.85. The van der Waals surface area contributed by atoms with Gasteiger partial charge in [-0.15, -0.1) is 0 Å². The number of benzene rings is 2. The molecule has 0 bridgehead atoms. The third-order valence-electron chi connectivity index (χ3n) is 3.97. The van der Waals surface area contributed by atoms with Crippen LogP contribution in [0.4, 0.5) is 0 Å². The molecule has 1 aliphatic rings. The van der Waals surface area contributed by atoms with Gasteiger partial charge >= 0.3 is 0 Å². The molecule has 3 N–H and O–H groups in total. The van der Waals surface area contributed by atoms with Crippen LogP contribution in [0.5, 0.6) is 0 Å². The summed E-state index contributed by atoms with van der Waals surface area (Å²) in [4.78, 5) is 12.1. The summed E-state index contributed by atoms with van der Waals surface area (Å²) >= 11 is 0. The zero-order valence-electron chi connectivity index (χ0n) is 11.5. The fraction of sp³-hybridized carbons (Fsp3) is 0.353. The number of hydrogen-bond acceptors (Lipinski definition) is 2. The van der Waals surface area contributed by atoms with Crippen LogP contribution in [0.15, 0.2) is 42.5 Å². The molecular weight excluding hydrogens is 248 g/mol. The summed E-state index contributed by atoms with van der Waals surface area (Å²) in [6.45, 7) is 0.536. The van der Waals surface area contributed by atoms with Gasteiger partial charge in [-0.05, 0) is 35.1 Å². The molecule has 0 aromatic heterocycles. The first-order valence-electron chi connectivity index (χ1n) is 7.23. The van der Waals surface area contributed by atoms with E-state index in [4.69, 9.17) is 5.73 Å². The largest absolute Gasteiger partial charge is 0.352 e. The van der Waals surface area contributed by atoms with E-state index in [1.165, 1.54) is 23.6 Å². The monoisotopic (exact) mass is 268 g/mol. The minimum absolute atomic E-state index is 0.0719. The van der Waals surface area contributed by atoms with Crippen molar-refractivity contribution in [3.05, 3.63) is 48.0 Å². The van der Waals surface area contributed by atoms with E-state index in [0.29, 0.717) is 18.9 Å². The zero-order chi connectivity index (χ0) is 13.9. The summed E-state index contributed by atoms with van der Waals surface area (Å²) in [5, 5.41) is 5.44. The Hall–Kier alpha value is -1.87. The van der Waals surface area contributed by atoms with Gasteiger partial charge in [0.25, 0.3) is 0 Å². The molecule has 1 aliphatic carbocycles. The average molecular weight is 268 g/mol. The topological polar surface area (TPSA) is 55.1 Å². The second-order valence-electron chi connectivity index (χ2n) is 5.61. The lowest BCUT2D eigenvalue weighted by atomic mass is 10.0. The van der Waals surface area contributed by atoms with Crippen LogP contribution in [0.1, 0.15) is 18.4 Å². The standard InChI is InChI=1S/C17H20N2O/c18-11-16(14-7-8-14)19-17(20)10-12-5-6-13-3-1-2-4-15(13)9-12/h1-6,9,14,16H,7-8,10-11,18H2,(H,19,20). The molecule has 20 heavy (non-hydrogen) atoms. The summed E-state index contributed by atoms with van der Waals surface area (Å²) in [5.41, 5.74) is 6.76. The summed E-state index contributed by atoms with van der Waals surface area (Å²) in [5.74, 6) is 0.670.